The van der Waals surface area contributed by atoms with Crippen LogP contribution in [-0.2, 0) is 9.59 Å². The molecule has 3 aliphatic carbocycles. The van der Waals surface area contributed by atoms with Gasteiger partial charge in [-0.25, -0.2) is 0 Å². The Bertz CT molecular complexity index is 465. The van der Waals surface area contributed by atoms with Crippen molar-refractivity contribution in [2.45, 2.75) is 25.7 Å². The summed E-state index contributed by atoms with van der Waals surface area (Å²) in [6.45, 7) is 0. The van der Waals surface area contributed by atoms with Crippen LogP contribution < -0.4 is 0 Å². The normalized spacial score (nSPS) is 23.8. The largest absolute Gasteiger partial charge is 0.285 e. The number of hydrogen-bond donors (Lipinski definition) is 0. The Hall–Kier alpha value is -1.70. The van der Waals surface area contributed by atoms with E-state index in [-0.39, 0.29) is 11.6 Å². The summed E-state index contributed by atoms with van der Waals surface area (Å²) in [6, 6.07) is 0. The average Bonchev–Trinajstić information content (AvgIpc) is 2.36. The van der Waals surface area contributed by atoms with E-state index in [0.29, 0.717) is 11.1 Å². The van der Waals surface area contributed by atoms with Gasteiger partial charge in [-0.15, -0.1) is 0 Å². The summed E-state index contributed by atoms with van der Waals surface area (Å²) in [5.74, 6) is -0.646. The van der Waals surface area contributed by atoms with E-state index in [1.54, 1.807) is 0 Å². The summed E-state index contributed by atoms with van der Waals surface area (Å²) >= 11 is 0. The molecule has 0 aliphatic heterocycles. The van der Waals surface area contributed by atoms with Gasteiger partial charge in [0.2, 0.25) is 11.6 Å². The maximum atomic E-state index is 11.9. The third-order valence-corrected chi connectivity index (χ3v) is 3.40. The fraction of sp³-hybridized carbons (Fsp3) is 0.286. The maximum Gasteiger partial charge on any atom is 0.233 e. The second-order valence-electron chi connectivity index (χ2n) is 4.32. The van der Waals surface area contributed by atoms with Crippen molar-refractivity contribution in [1.82, 2.24) is 0 Å². The highest BCUT2D eigenvalue weighted by Gasteiger charge is 2.33. The molecule has 0 radical (unpaired) electrons. The molecule has 3 rings (SSSR count). The molecule has 0 saturated heterocycles. The number of hydrogen-bond acceptors (Lipinski definition) is 2. The van der Waals surface area contributed by atoms with E-state index < -0.39 is 0 Å². The predicted molar refractivity (Wildman–Crippen MR) is 60.8 cm³/mol. The molecule has 16 heavy (non-hydrogen) atoms. The lowest BCUT2D eigenvalue weighted by atomic mass is 9.76. The monoisotopic (exact) mass is 212 g/mol. The summed E-state index contributed by atoms with van der Waals surface area (Å²) < 4.78 is 0. The fourth-order valence-electron chi connectivity index (χ4n) is 2.63. The van der Waals surface area contributed by atoms with Crippen LogP contribution in [0.4, 0.5) is 0 Å². The Kier molecular flexibility index (Phi) is 2.03. The Balaban J connectivity index is 2.23. The highest BCUT2D eigenvalue weighted by Crippen LogP contribution is 2.37. The van der Waals surface area contributed by atoms with Crippen molar-refractivity contribution in [2.75, 3.05) is 0 Å². The number of allylic oxidation sites excluding steroid dienone is 8. The van der Waals surface area contributed by atoms with Crippen LogP contribution in [0.3, 0.4) is 0 Å². The third-order valence-electron chi connectivity index (χ3n) is 3.40. The zero-order valence-corrected chi connectivity index (χ0v) is 8.95. The molecular weight excluding hydrogens is 200 g/mol. The molecule has 2 nitrogen and oxygen atoms in total. The molecule has 3 aliphatic rings. The van der Waals surface area contributed by atoms with Gasteiger partial charge in [0.15, 0.2) is 0 Å². The van der Waals surface area contributed by atoms with Crippen LogP contribution in [0.25, 0.3) is 0 Å². The molecule has 0 aromatic heterocycles. The molecule has 2 heteroatoms. The fourth-order valence-corrected chi connectivity index (χ4v) is 2.63. The molecule has 0 aromatic carbocycles. The SMILES string of the molecule is O=C1C(=O)C2=C(CCC=C2)C2=C1C=CCC2. The summed E-state index contributed by atoms with van der Waals surface area (Å²) in [4.78, 5) is 23.8. The summed E-state index contributed by atoms with van der Waals surface area (Å²) in [6.07, 6.45) is 11.3. The molecule has 0 heterocycles. The van der Waals surface area contributed by atoms with E-state index in [1.807, 2.05) is 24.3 Å². The maximum absolute atomic E-state index is 11.9. The van der Waals surface area contributed by atoms with E-state index >= 15 is 0 Å². The minimum atomic E-state index is -0.323. The smallest absolute Gasteiger partial charge is 0.233 e. The van der Waals surface area contributed by atoms with Crippen LogP contribution in [-0.4, -0.2) is 11.6 Å². The van der Waals surface area contributed by atoms with Gasteiger partial charge in [-0.2, -0.15) is 0 Å². The summed E-state index contributed by atoms with van der Waals surface area (Å²) in [7, 11) is 0. The molecule has 0 N–H and O–H groups in total. The van der Waals surface area contributed by atoms with Crippen molar-refractivity contribution < 1.29 is 9.59 Å². The Morgan fingerprint density at radius 2 is 1.19 bits per heavy atom. The van der Waals surface area contributed by atoms with Gasteiger partial charge in [0, 0.05) is 11.1 Å². The first-order valence-electron chi connectivity index (χ1n) is 5.68. The summed E-state index contributed by atoms with van der Waals surface area (Å²) in [5.41, 5.74) is 3.52. The van der Waals surface area contributed by atoms with Gasteiger partial charge in [0.05, 0.1) is 0 Å². The third kappa shape index (κ3) is 1.19. The molecule has 0 atom stereocenters. The van der Waals surface area contributed by atoms with Gasteiger partial charge >= 0.3 is 0 Å². The predicted octanol–water partition coefficient (Wildman–Crippen LogP) is 2.43. The number of carbonyl (C=O) groups excluding carboxylic acids is 2. The second-order valence-corrected chi connectivity index (χ2v) is 4.32. The van der Waals surface area contributed by atoms with E-state index in [9.17, 15) is 9.59 Å². The number of rotatable bonds is 0. The van der Waals surface area contributed by atoms with Gasteiger partial charge in [-0.3, -0.25) is 9.59 Å². The van der Waals surface area contributed by atoms with Crippen molar-refractivity contribution in [3.8, 4) is 0 Å². The van der Waals surface area contributed by atoms with Crippen LogP contribution >= 0.6 is 0 Å². The molecule has 0 bridgehead atoms. The molecule has 0 spiro atoms. The quantitative estimate of drug-likeness (QED) is 0.456. The van der Waals surface area contributed by atoms with E-state index in [4.69, 9.17) is 0 Å². The van der Waals surface area contributed by atoms with Crippen LogP contribution in [0, 0.1) is 0 Å². The van der Waals surface area contributed by atoms with Gasteiger partial charge in [-0.1, -0.05) is 24.3 Å². The van der Waals surface area contributed by atoms with E-state index in [2.05, 4.69) is 0 Å². The number of Topliss-reactive ketones (excluding diaryl/α,β-unsaturated/α-hetero) is 2. The molecule has 80 valence electrons. The standard InChI is InChI=1S/C14H12O2/c15-13-11-7-3-1-5-9(11)10-6-2-4-8-12(10)14(13)16/h3-4,7-8H,1-2,5-6H2. The molecule has 0 aromatic rings. The van der Waals surface area contributed by atoms with E-state index in [0.717, 1.165) is 36.8 Å². The summed E-state index contributed by atoms with van der Waals surface area (Å²) in [5, 5.41) is 0. The average molecular weight is 212 g/mol. The van der Waals surface area contributed by atoms with Crippen LogP contribution in [0.15, 0.2) is 46.6 Å². The number of fused-ring (bicyclic) bond motifs is 1. The first-order chi connectivity index (χ1) is 7.79. The van der Waals surface area contributed by atoms with Crippen molar-refractivity contribution in [3.63, 3.8) is 0 Å². The topological polar surface area (TPSA) is 34.1 Å². The number of ketones is 2. The van der Waals surface area contributed by atoms with Crippen molar-refractivity contribution in [2.24, 2.45) is 0 Å². The molecule has 0 fully saturated rings. The first kappa shape index (κ1) is 9.52. The van der Waals surface area contributed by atoms with Gasteiger partial charge in [0.25, 0.3) is 0 Å². The lowest BCUT2D eigenvalue weighted by molar-refractivity contribution is -0.132. The van der Waals surface area contributed by atoms with Gasteiger partial charge in [0.1, 0.15) is 0 Å². The molecular formula is C14H12O2. The lowest BCUT2D eigenvalue weighted by Crippen LogP contribution is -2.26. The molecule has 0 saturated carbocycles. The highest BCUT2D eigenvalue weighted by atomic mass is 16.2. The zero-order chi connectivity index (χ0) is 11.1. The van der Waals surface area contributed by atoms with E-state index in [1.165, 1.54) is 0 Å². The Morgan fingerprint density at radius 1 is 0.750 bits per heavy atom. The van der Waals surface area contributed by atoms with Crippen LogP contribution in [0.1, 0.15) is 25.7 Å². The van der Waals surface area contributed by atoms with Crippen molar-refractivity contribution >= 4 is 11.6 Å². The number of carbonyl (C=O) groups is 2. The minimum absolute atomic E-state index is 0.323. The minimum Gasteiger partial charge on any atom is -0.285 e. The Labute approximate surface area is 94.0 Å². The lowest BCUT2D eigenvalue weighted by Gasteiger charge is -2.26. The molecule has 0 unspecified atom stereocenters. The second kappa shape index (κ2) is 3.41. The molecule has 0 amide bonds. The highest BCUT2D eigenvalue weighted by molar-refractivity contribution is 6.51. The first-order valence-corrected chi connectivity index (χ1v) is 5.68. The zero-order valence-electron chi connectivity index (χ0n) is 8.95. The Morgan fingerprint density at radius 3 is 1.62 bits per heavy atom. The van der Waals surface area contributed by atoms with Crippen LogP contribution in [0.2, 0.25) is 0 Å². The van der Waals surface area contributed by atoms with Gasteiger partial charge < -0.3 is 0 Å². The van der Waals surface area contributed by atoms with Crippen molar-refractivity contribution in [1.29, 1.82) is 0 Å². The van der Waals surface area contributed by atoms with Gasteiger partial charge in [-0.05, 0) is 36.8 Å². The van der Waals surface area contributed by atoms with Crippen molar-refractivity contribution in [3.05, 3.63) is 46.6 Å². The van der Waals surface area contributed by atoms with Crippen LogP contribution in [0.5, 0.6) is 0 Å².